The normalized spacial score (nSPS) is 22.3. The summed E-state index contributed by atoms with van der Waals surface area (Å²) in [5.41, 5.74) is -5.56. The number of amides is 1. The number of methoxy groups -OCH3 is 1. The smallest absolute Gasteiger partial charge is 0.257 e. The molecule has 1 aliphatic carbocycles. The lowest BCUT2D eigenvalue weighted by Gasteiger charge is -2.40. The minimum Gasteiger partial charge on any atom is -0.481 e. The first-order chi connectivity index (χ1) is 19.5. The van der Waals surface area contributed by atoms with Crippen molar-refractivity contribution >= 4 is 17.5 Å². The van der Waals surface area contributed by atoms with Gasteiger partial charge >= 0.3 is 0 Å². The average Bonchev–Trinajstić information content (AvgIpc) is 3.70. The van der Waals surface area contributed by atoms with Gasteiger partial charge in [-0.05, 0) is 62.1 Å². The van der Waals surface area contributed by atoms with Gasteiger partial charge in [0.05, 0.1) is 49.0 Å². The number of nitrogens with zero attached hydrogens (tertiary/aromatic N) is 2. The van der Waals surface area contributed by atoms with Gasteiger partial charge in [-0.15, -0.1) is 0 Å². The van der Waals surface area contributed by atoms with Crippen molar-refractivity contribution in [3.8, 4) is 5.88 Å². The van der Waals surface area contributed by atoms with Crippen LogP contribution in [0, 0.1) is 11.2 Å². The van der Waals surface area contributed by atoms with E-state index in [2.05, 4.69) is 4.98 Å². The van der Waals surface area contributed by atoms with Crippen LogP contribution >= 0.6 is 11.6 Å². The highest BCUT2D eigenvalue weighted by Gasteiger charge is 2.56. The molecular weight excluding hydrogens is 511 g/mol. The SMILES string of the molecule is [2H]C([2H])(O)C1(C([2H])([2H])O[C@]2(c3ccc(Cl)cc3)c3c(F)cc(C(C)(C)O)cc3C(=O)N2Cc2ccc(OC)nc2)CC1. The van der Waals surface area contributed by atoms with Gasteiger partial charge in [0.2, 0.25) is 5.88 Å². The molecule has 9 heteroatoms. The van der Waals surface area contributed by atoms with E-state index in [1.165, 1.54) is 57.5 Å². The number of carbonyl (C=O) groups is 1. The van der Waals surface area contributed by atoms with E-state index in [-0.39, 0.29) is 41.6 Å². The van der Waals surface area contributed by atoms with E-state index >= 15 is 4.39 Å². The topological polar surface area (TPSA) is 92.1 Å². The molecule has 2 heterocycles. The van der Waals surface area contributed by atoms with Crippen LogP contribution < -0.4 is 4.74 Å². The Morgan fingerprint density at radius 2 is 1.92 bits per heavy atom. The molecule has 1 saturated carbocycles. The Morgan fingerprint density at radius 1 is 1.21 bits per heavy atom. The van der Waals surface area contributed by atoms with E-state index in [9.17, 15) is 15.0 Å². The van der Waals surface area contributed by atoms with Gasteiger partial charge in [-0.25, -0.2) is 9.37 Å². The summed E-state index contributed by atoms with van der Waals surface area (Å²) in [6, 6.07) is 11.5. The van der Waals surface area contributed by atoms with E-state index in [1.807, 2.05) is 0 Å². The second kappa shape index (κ2) is 9.61. The molecule has 1 fully saturated rings. The quantitative estimate of drug-likeness (QED) is 0.404. The third-order valence-electron chi connectivity index (χ3n) is 6.93. The van der Waals surface area contributed by atoms with Crippen molar-refractivity contribution in [1.29, 1.82) is 0 Å². The second-order valence-electron chi connectivity index (χ2n) is 10.1. The molecule has 3 aromatic rings. The van der Waals surface area contributed by atoms with Crippen LogP contribution in [0.15, 0.2) is 54.7 Å². The van der Waals surface area contributed by atoms with Gasteiger partial charge in [-0.2, -0.15) is 0 Å². The van der Waals surface area contributed by atoms with Crippen molar-refractivity contribution < 1.29 is 34.4 Å². The fourth-order valence-electron chi connectivity index (χ4n) is 4.56. The number of rotatable bonds is 9. The van der Waals surface area contributed by atoms with Crippen molar-refractivity contribution in [1.82, 2.24) is 9.88 Å². The maximum Gasteiger partial charge on any atom is 0.257 e. The van der Waals surface area contributed by atoms with Gasteiger partial charge in [0.15, 0.2) is 5.72 Å². The number of hydrogen-bond acceptors (Lipinski definition) is 6. The zero-order chi connectivity index (χ0) is 30.9. The standard InChI is InChI=1S/C29H30ClFN2O5/c1-27(2,36)20-12-22-25(23(31)13-20)29(19-5-7-21(30)8-6-19,38-17-28(16-34)10-11-28)33(26(22)35)15-18-4-9-24(37-3)32-14-18/h4-9,12-14,34,36H,10-11,15-17H2,1-3H3/t29-/m1/s1/i16D2,17D2. The predicted octanol–water partition coefficient (Wildman–Crippen LogP) is 4.76. The van der Waals surface area contributed by atoms with E-state index < -0.39 is 41.6 Å². The lowest BCUT2D eigenvalue weighted by atomic mass is 9.88. The molecule has 2 aliphatic rings. The lowest BCUT2D eigenvalue weighted by molar-refractivity contribution is -0.130. The first kappa shape index (κ1) is 21.8. The first-order valence-corrected chi connectivity index (χ1v) is 12.4. The van der Waals surface area contributed by atoms with Crippen LogP contribution in [0.4, 0.5) is 4.39 Å². The number of aliphatic hydroxyl groups is 2. The summed E-state index contributed by atoms with van der Waals surface area (Å²) in [4.78, 5) is 19.6. The second-order valence-corrected chi connectivity index (χ2v) is 10.5. The molecule has 0 saturated heterocycles. The summed E-state index contributed by atoms with van der Waals surface area (Å²) < 4.78 is 61.7. The highest BCUT2D eigenvalue weighted by Crippen LogP contribution is 2.52. The fourth-order valence-corrected chi connectivity index (χ4v) is 4.69. The Labute approximate surface area is 231 Å². The molecule has 0 radical (unpaired) electrons. The van der Waals surface area contributed by atoms with Crippen LogP contribution in [0.3, 0.4) is 0 Å². The summed E-state index contributed by atoms with van der Waals surface area (Å²) in [7, 11) is 1.45. The maximum atomic E-state index is 16.4. The molecule has 0 unspecified atom stereocenters. The van der Waals surface area contributed by atoms with Crippen LogP contribution in [-0.4, -0.2) is 46.2 Å². The summed E-state index contributed by atoms with van der Waals surface area (Å²) in [6.07, 6.45) is 1.34. The molecule has 1 aromatic heterocycles. The monoisotopic (exact) mass is 544 g/mol. The Hall–Kier alpha value is -3.04. The molecule has 38 heavy (non-hydrogen) atoms. The number of fused-ring (bicyclic) bond motifs is 1. The van der Waals surface area contributed by atoms with Crippen molar-refractivity contribution in [2.45, 2.75) is 44.6 Å². The number of hydrogen-bond donors (Lipinski definition) is 2. The van der Waals surface area contributed by atoms with Gasteiger partial charge in [0.25, 0.3) is 5.91 Å². The van der Waals surface area contributed by atoms with Crippen LogP contribution in [0.1, 0.15) is 64.8 Å². The maximum absolute atomic E-state index is 16.4. The molecule has 2 aromatic carbocycles. The Bertz CT molecular complexity index is 1520. The molecule has 1 amide bonds. The minimum absolute atomic E-state index is 0.0521. The zero-order valence-corrected chi connectivity index (χ0v) is 21.8. The van der Waals surface area contributed by atoms with Crippen molar-refractivity contribution in [2.75, 3.05) is 20.2 Å². The van der Waals surface area contributed by atoms with Crippen LogP contribution in [0.5, 0.6) is 5.88 Å². The zero-order valence-electron chi connectivity index (χ0n) is 25.1. The number of pyridine rings is 1. The van der Waals surface area contributed by atoms with Crippen LogP contribution in [-0.2, 0) is 22.6 Å². The van der Waals surface area contributed by atoms with Gasteiger partial charge < -0.3 is 19.7 Å². The number of aromatic nitrogens is 1. The largest absolute Gasteiger partial charge is 0.481 e. The predicted molar refractivity (Wildman–Crippen MR) is 139 cm³/mol. The minimum atomic E-state index is -2.99. The summed E-state index contributed by atoms with van der Waals surface area (Å²) in [6.45, 7) is -3.26. The fraction of sp³-hybridized carbons (Fsp3) is 0.379. The number of ether oxygens (including phenoxy) is 2. The van der Waals surface area contributed by atoms with Crippen LogP contribution in [0.25, 0.3) is 0 Å². The number of benzene rings is 2. The van der Waals surface area contributed by atoms with Gasteiger partial charge in [0.1, 0.15) is 5.82 Å². The van der Waals surface area contributed by atoms with E-state index in [4.69, 9.17) is 26.6 Å². The first-order valence-electron chi connectivity index (χ1n) is 14.0. The van der Waals surface area contributed by atoms with Crippen molar-refractivity contribution in [3.05, 3.63) is 93.4 Å². The number of carbonyl (C=O) groups excluding carboxylic acids is 1. The highest BCUT2D eigenvalue weighted by molar-refractivity contribution is 6.30. The van der Waals surface area contributed by atoms with E-state index in [0.29, 0.717) is 16.5 Å². The van der Waals surface area contributed by atoms with E-state index in [1.54, 1.807) is 12.1 Å². The molecular formula is C29H30ClFN2O5. The third kappa shape index (κ3) is 4.56. The van der Waals surface area contributed by atoms with E-state index in [0.717, 1.165) is 11.0 Å². The summed E-state index contributed by atoms with van der Waals surface area (Å²) >= 11 is 6.17. The molecule has 200 valence electrons. The Kier molecular flexibility index (Phi) is 5.52. The van der Waals surface area contributed by atoms with Crippen LogP contribution in [0.2, 0.25) is 5.02 Å². The summed E-state index contributed by atoms with van der Waals surface area (Å²) in [5.74, 6) is -1.36. The highest BCUT2D eigenvalue weighted by atomic mass is 35.5. The molecule has 1 aliphatic heterocycles. The average molecular weight is 545 g/mol. The molecule has 0 spiro atoms. The molecule has 7 nitrogen and oxygen atoms in total. The molecule has 5 rings (SSSR count). The van der Waals surface area contributed by atoms with Gasteiger partial charge in [-0.3, -0.25) is 9.69 Å². The van der Waals surface area contributed by atoms with Crippen molar-refractivity contribution in [3.63, 3.8) is 0 Å². The van der Waals surface area contributed by atoms with Crippen molar-refractivity contribution in [2.24, 2.45) is 5.41 Å². The Morgan fingerprint density at radius 3 is 2.47 bits per heavy atom. The summed E-state index contributed by atoms with van der Waals surface area (Å²) in [5, 5.41) is 21.4. The molecule has 0 bridgehead atoms. The Balaban J connectivity index is 1.80. The number of halogens is 2. The van der Waals surface area contributed by atoms with Gasteiger partial charge in [-0.1, -0.05) is 29.8 Å². The van der Waals surface area contributed by atoms with Gasteiger partial charge in [0, 0.05) is 28.3 Å². The third-order valence-corrected chi connectivity index (χ3v) is 7.18. The molecule has 1 atom stereocenters. The molecule has 2 N–H and O–H groups in total. The lowest BCUT2D eigenvalue weighted by Crippen LogP contribution is -2.48.